The number of hydrogen-bond donors (Lipinski definition) is 1. The number of amides is 1. The lowest BCUT2D eigenvalue weighted by atomic mass is 10.2. The Labute approximate surface area is 141 Å². The number of nitrogens with zero attached hydrogens (tertiary/aromatic N) is 1. The van der Waals surface area contributed by atoms with Gasteiger partial charge < -0.3 is 14.8 Å². The van der Waals surface area contributed by atoms with Gasteiger partial charge in [0.25, 0.3) is 5.91 Å². The normalized spacial score (nSPS) is 11.2. The van der Waals surface area contributed by atoms with Gasteiger partial charge in [0.1, 0.15) is 11.5 Å². The molecule has 5 heteroatoms. The van der Waals surface area contributed by atoms with Crippen LogP contribution in [-0.2, 0) is 4.79 Å². The average molecular weight is 324 g/mol. The standard InChI is InChI=1S/C19H20N2O3/c1-15(24-18-10-8-16(14-20)9-11-18)19(22)21-12-5-13-23-17-6-3-2-4-7-17/h2-4,6-11,15H,5,12-13H2,1H3,(H,21,22)/t15-/m1/s1. The summed E-state index contributed by atoms with van der Waals surface area (Å²) >= 11 is 0. The zero-order valence-corrected chi connectivity index (χ0v) is 13.6. The molecule has 0 aliphatic rings. The number of hydrogen-bond acceptors (Lipinski definition) is 4. The van der Waals surface area contributed by atoms with Crippen molar-refractivity contribution in [2.24, 2.45) is 0 Å². The Hall–Kier alpha value is -3.00. The molecular weight excluding hydrogens is 304 g/mol. The maximum atomic E-state index is 12.0. The summed E-state index contributed by atoms with van der Waals surface area (Å²) in [6, 6.07) is 18.3. The zero-order valence-electron chi connectivity index (χ0n) is 13.6. The molecule has 0 saturated carbocycles. The minimum Gasteiger partial charge on any atom is -0.494 e. The molecular formula is C19H20N2O3. The lowest BCUT2D eigenvalue weighted by Crippen LogP contribution is -2.37. The molecule has 1 atom stereocenters. The highest BCUT2D eigenvalue weighted by Gasteiger charge is 2.13. The molecule has 0 aromatic heterocycles. The third-order valence-electron chi connectivity index (χ3n) is 3.30. The Bertz CT molecular complexity index is 678. The molecule has 2 aromatic rings. The molecule has 1 amide bonds. The molecule has 0 aliphatic heterocycles. The second kappa shape index (κ2) is 9.21. The van der Waals surface area contributed by atoms with Crippen molar-refractivity contribution in [1.29, 1.82) is 5.26 Å². The van der Waals surface area contributed by atoms with Gasteiger partial charge in [-0.2, -0.15) is 5.26 Å². The molecule has 0 spiro atoms. The fourth-order valence-electron chi connectivity index (χ4n) is 2.00. The van der Waals surface area contributed by atoms with Gasteiger partial charge in [-0.3, -0.25) is 4.79 Å². The molecule has 0 fully saturated rings. The fraction of sp³-hybridized carbons (Fsp3) is 0.263. The number of ether oxygens (including phenoxy) is 2. The van der Waals surface area contributed by atoms with Crippen LogP contribution in [0.15, 0.2) is 54.6 Å². The first kappa shape index (κ1) is 17.4. The van der Waals surface area contributed by atoms with E-state index in [1.165, 1.54) is 0 Å². The topological polar surface area (TPSA) is 71.3 Å². The van der Waals surface area contributed by atoms with E-state index >= 15 is 0 Å². The Morgan fingerprint density at radius 2 is 1.83 bits per heavy atom. The first-order valence-electron chi connectivity index (χ1n) is 7.81. The third-order valence-corrected chi connectivity index (χ3v) is 3.30. The number of nitriles is 1. The van der Waals surface area contributed by atoms with Gasteiger partial charge >= 0.3 is 0 Å². The molecule has 2 aromatic carbocycles. The van der Waals surface area contributed by atoms with Crippen LogP contribution < -0.4 is 14.8 Å². The van der Waals surface area contributed by atoms with Crippen molar-refractivity contribution < 1.29 is 14.3 Å². The zero-order chi connectivity index (χ0) is 17.2. The SMILES string of the molecule is C[C@@H](Oc1ccc(C#N)cc1)C(=O)NCCCOc1ccccc1. The number of carbonyl (C=O) groups excluding carboxylic acids is 1. The Morgan fingerprint density at radius 1 is 1.12 bits per heavy atom. The summed E-state index contributed by atoms with van der Waals surface area (Å²) in [5, 5.41) is 11.6. The minimum absolute atomic E-state index is 0.181. The van der Waals surface area contributed by atoms with Crippen LogP contribution in [-0.4, -0.2) is 25.2 Å². The van der Waals surface area contributed by atoms with Crippen LogP contribution in [0.2, 0.25) is 0 Å². The van der Waals surface area contributed by atoms with E-state index in [0.29, 0.717) is 30.9 Å². The van der Waals surface area contributed by atoms with Crippen LogP contribution in [0.3, 0.4) is 0 Å². The number of benzene rings is 2. The summed E-state index contributed by atoms with van der Waals surface area (Å²) in [5.74, 6) is 1.20. The van der Waals surface area contributed by atoms with Gasteiger partial charge in [0.05, 0.1) is 18.2 Å². The number of carbonyl (C=O) groups is 1. The minimum atomic E-state index is -0.604. The molecule has 0 unspecified atom stereocenters. The number of rotatable bonds is 8. The Balaban J connectivity index is 1.65. The van der Waals surface area contributed by atoms with Crippen LogP contribution in [0.4, 0.5) is 0 Å². The highest BCUT2D eigenvalue weighted by atomic mass is 16.5. The van der Waals surface area contributed by atoms with Gasteiger partial charge in [-0.25, -0.2) is 0 Å². The molecule has 5 nitrogen and oxygen atoms in total. The van der Waals surface area contributed by atoms with Crippen LogP contribution in [0, 0.1) is 11.3 Å². The smallest absolute Gasteiger partial charge is 0.260 e. The van der Waals surface area contributed by atoms with E-state index in [0.717, 1.165) is 5.75 Å². The Kier molecular flexibility index (Phi) is 6.66. The summed E-state index contributed by atoms with van der Waals surface area (Å²) in [4.78, 5) is 12.0. The van der Waals surface area contributed by atoms with Gasteiger partial charge in [-0.05, 0) is 49.7 Å². The second-order valence-electron chi connectivity index (χ2n) is 5.20. The van der Waals surface area contributed by atoms with E-state index in [1.807, 2.05) is 36.4 Å². The Morgan fingerprint density at radius 3 is 2.50 bits per heavy atom. The lowest BCUT2D eigenvalue weighted by molar-refractivity contribution is -0.127. The first-order chi connectivity index (χ1) is 11.7. The number of nitrogens with one attached hydrogen (secondary N) is 1. The molecule has 0 heterocycles. The summed E-state index contributed by atoms with van der Waals surface area (Å²) in [7, 11) is 0. The van der Waals surface area contributed by atoms with Crippen molar-refractivity contribution in [3.63, 3.8) is 0 Å². The maximum absolute atomic E-state index is 12.0. The van der Waals surface area contributed by atoms with E-state index in [2.05, 4.69) is 5.32 Å². The highest BCUT2D eigenvalue weighted by Crippen LogP contribution is 2.13. The van der Waals surface area contributed by atoms with E-state index in [4.69, 9.17) is 14.7 Å². The predicted octanol–water partition coefficient (Wildman–Crippen LogP) is 2.91. The van der Waals surface area contributed by atoms with Gasteiger partial charge in [-0.1, -0.05) is 18.2 Å². The molecule has 0 aliphatic carbocycles. The quantitative estimate of drug-likeness (QED) is 0.758. The van der Waals surface area contributed by atoms with Crippen LogP contribution >= 0.6 is 0 Å². The van der Waals surface area contributed by atoms with Crippen molar-refractivity contribution in [3.8, 4) is 17.6 Å². The van der Waals surface area contributed by atoms with Gasteiger partial charge in [0.15, 0.2) is 6.10 Å². The lowest BCUT2D eigenvalue weighted by Gasteiger charge is -2.14. The molecule has 0 radical (unpaired) electrons. The molecule has 24 heavy (non-hydrogen) atoms. The van der Waals surface area contributed by atoms with Gasteiger partial charge in [0, 0.05) is 6.54 Å². The van der Waals surface area contributed by atoms with Crippen molar-refractivity contribution in [1.82, 2.24) is 5.32 Å². The van der Waals surface area contributed by atoms with Crippen molar-refractivity contribution in [2.45, 2.75) is 19.4 Å². The molecule has 1 N–H and O–H groups in total. The van der Waals surface area contributed by atoms with E-state index in [9.17, 15) is 4.79 Å². The summed E-state index contributed by atoms with van der Waals surface area (Å²) in [6.07, 6.45) is 0.109. The largest absolute Gasteiger partial charge is 0.494 e. The fourth-order valence-corrected chi connectivity index (χ4v) is 2.00. The molecule has 0 saturated heterocycles. The van der Waals surface area contributed by atoms with Crippen molar-refractivity contribution in [2.75, 3.05) is 13.2 Å². The van der Waals surface area contributed by atoms with E-state index < -0.39 is 6.10 Å². The van der Waals surface area contributed by atoms with Gasteiger partial charge in [-0.15, -0.1) is 0 Å². The first-order valence-corrected chi connectivity index (χ1v) is 7.81. The predicted molar refractivity (Wildman–Crippen MR) is 90.8 cm³/mol. The van der Waals surface area contributed by atoms with Crippen molar-refractivity contribution >= 4 is 5.91 Å². The summed E-state index contributed by atoms with van der Waals surface area (Å²) in [5.41, 5.74) is 0.554. The van der Waals surface area contributed by atoms with E-state index in [1.54, 1.807) is 31.2 Å². The highest BCUT2D eigenvalue weighted by molar-refractivity contribution is 5.80. The van der Waals surface area contributed by atoms with Crippen LogP contribution in [0.1, 0.15) is 18.9 Å². The van der Waals surface area contributed by atoms with Gasteiger partial charge in [0.2, 0.25) is 0 Å². The monoisotopic (exact) mass is 324 g/mol. The van der Waals surface area contributed by atoms with Crippen molar-refractivity contribution in [3.05, 3.63) is 60.2 Å². The summed E-state index contributed by atoms with van der Waals surface area (Å²) in [6.45, 7) is 2.75. The second-order valence-corrected chi connectivity index (χ2v) is 5.20. The van der Waals surface area contributed by atoms with Crippen LogP contribution in [0.5, 0.6) is 11.5 Å². The third kappa shape index (κ3) is 5.65. The average Bonchev–Trinajstić information content (AvgIpc) is 2.62. The maximum Gasteiger partial charge on any atom is 0.260 e. The summed E-state index contributed by atoms with van der Waals surface area (Å²) < 4.78 is 11.1. The molecule has 2 rings (SSSR count). The molecule has 0 bridgehead atoms. The van der Waals surface area contributed by atoms with Crippen LogP contribution in [0.25, 0.3) is 0 Å². The molecule has 124 valence electrons. The van der Waals surface area contributed by atoms with E-state index in [-0.39, 0.29) is 5.91 Å². The number of para-hydroxylation sites is 1.